The minimum atomic E-state index is -0.971. The summed E-state index contributed by atoms with van der Waals surface area (Å²) in [5.74, 6) is 0.0162. The smallest absolute Gasteiger partial charge is 0.309 e. The summed E-state index contributed by atoms with van der Waals surface area (Å²) < 4.78 is 6.03. The van der Waals surface area contributed by atoms with E-state index in [1.54, 1.807) is 20.0 Å². The molecule has 8 nitrogen and oxygen atoms in total. The van der Waals surface area contributed by atoms with Crippen molar-refractivity contribution >= 4 is 35.4 Å². The maximum Gasteiger partial charge on any atom is 0.309 e. The number of rotatable bonds is 7. The van der Waals surface area contributed by atoms with Crippen LogP contribution in [0.4, 0.5) is 5.69 Å². The van der Waals surface area contributed by atoms with Crippen LogP contribution in [-0.2, 0) is 10.1 Å². The van der Waals surface area contributed by atoms with E-state index in [4.69, 9.17) is 4.65 Å². The Hall–Kier alpha value is -3.45. The molecule has 214 valence electrons. The van der Waals surface area contributed by atoms with Crippen LogP contribution in [0.2, 0.25) is 0 Å². The lowest BCUT2D eigenvalue weighted by Crippen LogP contribution is -2.49. The van der Waals surface area contributed by atoms with E-state index in [9.17, 15) is 15.2 Å². The van der Waals surface area contributed by atoms with Crippen molar-refractivity contribution in [2.24, 2.45) is 0 Å². The lowest BCUT2D eigenvalue weighted by molar-refractivity contribution is -0.0893. The predicted molar refractivity (Wildman–Crippen MR) is 164 cm³/mol. The number of aromatic nitrogens is 1. The number of piperazine rings is 1. The van der Waals surface area contributed by atoms with Crippen LogP contribution in [0.25, 0.3) is 10.9 Å². The molecular formula is C32H40BN5O3. The Balaban J connectivity index is 1.36. The number of pyridine rings is 1. The monoisotopic (exact) mass is 553 g/mol. The summed E-state index contributed by atoms with van der Waals surface area (Å²) in [6, 6.07) is 18.7. The lowest BCUT2D eigenvalue weighted by Gasteiger charge is -2.40. The predicted octanol–water partition coefficient (Wildman–Crippen LogP) is 2.88. The minimum Gasteiger partial charge on any atom is -0.427 e. The second-order valence-electron chi connectivity index (χ2n) is 12.3. The van der Waals surface area contributed by atoms with Crippen molar-refractivity contribution in [1.82, 2.24) is 15.2 Å². The number of amides is 1. The molecule has 0 saturated carbocycles. The summed E-state index contributed by atoms with van der Waals surface area (Å²) >= 11 is 0. The summed E-state index contributed by atoms with van der Waals surface area (Å²) in [6.07, 6.45) is 3.04. The zero-order chi connectivity index (χ0) is 29.3. The number of hydrogen-bond donors (Lipinski definition) is 2. The van der Waals surface area contributed by atoms with Gasteiger partial charge in [-0.3, -0.25) is 9.78 Å². The largest absolute Gasteiger partial charge is 0.427 e. The fourth-order valence-electron chi connectivity index (χ4n) is 5.60. The summed E-state index contributed by atoms with van der Waals surface area (Å²) in [5, 5.41) is 25.1. The first-order chi connectivity index (χ1) is 19.5. The molecule has 2 N–H and O–H groups in total. The van der Waals surface area contributed by atoms with Crippen molar-refractivity contribution in [2.45, 2.75) is 57.2 Å². The SMILES string of the molecule is CC(C)(O)C(C)(C)OBc1ccc(C2(C#N)CCN(c3c(C(=O)N4CCNCC4)cnc4ccccc34)CC2)cc1. The minimum absolute atomic E-state index is 0.0162. The number of para-hydroxylation sites is 1. The van der Waals surface area contributed by atoms with E-state index in [1.165, 1.54) is 0 Å². The van der Waals surface area contributed by atoms with Gasteiger partial charge < -0.3 is 24.9 Å². The van der Waals surface area contributed by atoms with Crippen molar-refractivity contribution in [1.29, 1.82) is 5.26 Å². The van der Waals surface area contributed by atoms with Crippen LogP contribution in [0, 0.1) is 11.3 Å². The van der Waals surface area contributed by atoms with Gasteiger partial charge in [-0.25, -0.2) is 0 Å². The Morgan fingerprint density at radius 2 is 1.71 bits per heavy atom. The van der Waals surface area contributed by atoms with E-state index in [-0.39, 0.29) is 5.91 Å². The Labute approximate surface area is 243 Å². The zero-order valence-corrected chi connectivity index (χ0v) is 24.6. The number of hydrogen-bond acceptors (Lipinski definition) is 7. The molecule has 0 spiro atoms. The number of nitriles is 1. The van der Waals surface area contributed by atoms with Crippen LogP contribution in [-0.4, -0.2) is 78.9 Å². The molecule has 3 aromatic rings. The Morgan fingerprint density at radius 3 is 2.34 bits per heavy atom. The van der Waals surface area contributed by atoms with Crippen LogP contribution in [0.1, 0.15) is 56.5 Å². The van der Waals surface area contributed by atoms with Crippen LogP contribution in [0.15, 0.2) is 54.7 Å². The third-order valence-electron chi connectivity index (χ3n) is 9.11. The maximum atomic E-state index is 13.7. The molecule has 0 bridgehead atoms. The standard InChI is InChI=1S/C32H40BN5O3/c1-30(2,40)31(3,4)41-33-24-11-9-23(10-12-24)32(22-34)13-17-37(18-14-32)28-25-7-5-6-8-27(25)36-21-26(28)29(39)38-19-15-35-16-20-38/h5-12,21,33,35,40H,13-20H2,1-4H3. The van der Waals surface area contributed by atoms with Gasteiger partial charge in [0.2, 0.25) is 0 Å². The number of nitrogens with one attached hydrogen (secondary N) is 1. The van der Waals surface area contributed by atoms with Crippen LogP contribution in [0.3, 0.4) is 0 Å². The number of carbonyl (C=O) groups is 1. The van der Waals surface area contributed by atoms with E-state index < -0.39 is 16.6 Å². The van der Waals surface area contributed by atoms with Gasteiger partial charge in [0.05, 0.1) is 39.5 Å². The molecule has 2 fully saturated rings. The van der Waals surface area contributed by atoms with E-state index in [0.29, 0.717) is 52.1 Å². The molecule has 0 radical (unpaired) electrons. The van der Waals surface area contributed by atoms with Crippen molar-refractivity contribution in [3.05, 3.63) is 65.9 Å². The highest BCUT2D eigenvalue weighted by Gasteiger charge is 2.39. The summed E-state index contributed by atoms with van der Waals surface area (Å²) in [4.78, 5) is 22.5. The molecule has 5 rings (SSSR count). The van der Waals surface area contributed by atoms with E-state index in [0.717, 1.165) is 40.7 Å². The molecule has 2 aliphatic heterocycles. The Bertz CT molecular complexity index is 1430. The maximum absolute atomic E-state index is 13.7. The first-order valence-electron chi connectivity index (χ1n) is 14.5. The molecule has 41 heavy (non-hydrogen) atoms. The first kappa shape index (κ1) is 29.1. The highest BCUT2D eigenvalue weighted by molar-refractivity contribution is 6.47. The van der Waals surface area contributed by atoms with Crippen molar-refractivity contribution < 1.29 is 14.6 Å². The molecule has 0 unspecified atom stereocenters. The zero-order valence-electron chi connectivity index (χ0n) is 24.6. The summed E-state index contributed by atoms with van der Waals surface area (Å²) in [6.45, 7) is 11.5. The molecule has 1 aromatic heterocycles. The third kappa shape index (κ3) is 5.83. The average Bonchev–Trinajstić information content (AvgIpc) is 2.99. The second-order valence-corrected chi connectivity index (χ2v) is 12.3. The molecule has 9 heteroatoms. The van der Waals surface area contributed by atoms with Gasteiger partial charge >= 0.3 is 7.48 Å². The number of anilines is 1. The molecule has 3 heterocycles. The normalized spacial score (nSPS) is 17.8. The van der Waals surface area contributed by atoms with Gasteiger partial charge in [0, 0.05) is 50.9 Å². The van der Waals surface area contributed by atoms with Gasteiger partial charge in [-0.1, -0.05) is 47.9 Å². The number of aliphatic hydroxyl groups is 1. The molecule has 0 atom stereocenters. The van der Waals surface area contributed by atoms with Gasteiger partial charge in [-0.2, -0.15) is 5.26 Å². The molecule has 2 aromatic carbocycles. The average molecular weight is 554 g/mol. The van der Waals surface area contributed by atoms with Crippen molar-refractivity contribution in [2.75, 3.05) is 44.2 Å². The highest BCUT2D eigenvalue weighted by Crippen LogP contribution is 2.39. The Kier molecular flexibility index (Phi) is 8.11. The van der Waals surface area contributed by atoms with Gasteiger partial charge in [-0.15, -0.1) is 0 Å². The molecule has 2 aliphatic rings. The number of nitrogens with zero attached hydrogens (tertiary/aromatic N) is 4. The van der Waals surface area contributed by atoms with E-state index in [1.807, 2.05) is 67.3 Å². The van der Waals surface area contributed by atoms with Crippen LogP contribution < -0.4 is 15.7 Å². The van der Waals surface area contributed by atoms with Crippen LogP contribution in [0.5, 0.6) is 0 Å². The fraction of sp³-hybridized carbons (Fsp3) is 0.469. The van der Waals surface area contributed by atoms with E-state index in [2.05, 4.69) is 21.3 Å². The van der Waals surface area contributed by atoms with E-state index >= 15 is 0 Å². The number of benzene rings is 2. The van der Waals surface area contributed by atoms with Gasteiger partial charge in [-0.05, 0) is 52.2 Å². The molecule has 2 saturated heterocycles. The molecule has 1 amide bonds. The third-order valence-corrected chi connectivity index (χ3v) is 9.11. The van der Waals surface area contributed by atoms with Crippen molar-refractivity contribution in [3.8, 4) is 6.07 Å². The molecular weight excluding hydrogens is 513 g/mol. The lowest BCUT2D eigenvalue weighted by atomic mass is 9.72. The summed E-state index contributed by atoms with van der Waals surface area (Å²) in [7, 11) is 0.379. The topological polar surface area (TPSA) is 102 Å². The van der Waals surface area contributed by atoms with Gasteiger partial charge in [0.1, 0.15) is 0 Å². The number of fused-ring (bicyclic) bond motifs is 1. The van der Waals surface area contributed by atoms with Gasteiger partial charge in [0.25, 0.3) is 5.91 Å². The molecule has 0 aliphatic carbocycles. The fourth-order valence-corrected chi connectivity index (χ4v) is 5.60. The highest BCUT2D eigenvalue weighted by atomic mass is 16.5. The summed E-state index contributed by atoms with van der Waals surface area (Å²) in [5.41, 5.74) is 2.14. The van der Waals surface area contributed by atoms with Crippen molar-refractivity contribution in [3.63, 3.8) is 0 Å². The number of piperidine rings is 1. The second kappa shape index (κ2) is 11.4. The number of carbonyl (C=O) groups excluding carboxylic acids is 1. The van der Waals surface area contributed by atoms with Gasteiger partial charge in [0.15, 0.2) is 0 Å². The van der Waals surface area contributed by atoms with Crippen LogP contribution >= 0.6 is 0 Å². The Morgan fingerprint density at radius 1 is 1.05 bits per heavy atom. The quantitative estimate of drug-likeness (QED) is 0.434. The first-order valence-corrected chi connectivity index (χ1v) is 14.5.